The summed E-state index contributed by atoms with van der Waals surface area (Å²) in [6, 6.07) is 12.9. The Kier molecular flexibility index (Phi) is 5.49. The van der Waals surface area contributed by atoms with Crippen LogP contribution in [-0.2, 0) is 6.54 Å². The highest BCUT2D eigenvalue weighted by atomic mass is 32.2. The number of aryl methyl sites for hydroxylation is 1. The lowest BCUT2D eigenvalue weighted by atomic mass is 10.1. The van der Waals surface area contributed by atoms with Gasteiger partial charge in [-0.1, -0.05) is 37.2 Å². The van der Waals surface area contributed by atoms with Crippen LogP contribution in [0.3, 0.4) is 0 Å². The topological polar surface area (TPSA) is 102 Å². The van der Waals surface area contributed by atoms with Crippen LogP contribution in [0.1, 0.15) is 30.9 Å². The smallest absolute Gasteiger partial charge is 0.320 e. The highest BCUT2D eigenvalue weighted by Gasteiger charge is 2.22. The largest absolute Gasteiger partial charge is 0.480 e. The molecule has 3 N–H and O–H groups in total. The number of imidazole rings is 1. The van der Waals surface area contributed by atoms with Crippen LogP contribution in [0.25, 0.3) is 11.2 Å². The van der Waals surface area contributed by atoms with Crippen LogP contribution in [0.5, 0.6) is 12.0 Å². The van der Waals surface area contributed by atoms with E-state index in [9.17, 15) is 5.11 Å². The van der Waals surface area contributed by atoms with Crippen molar-refractivity contribution in [2.75, 3.05) is 24.3 Å². The molecule has 0 saturated carbocycles. The molecule has 0 amide bonds. The molecule has 9 heteroatoms. The van der Waals surface area contributed by atoms with Crippen molar-refractivity contribution in [2.45, 2.75) is 43.0 Å². The van der Waals surface area contributed by atoms with Gasteiger partial charge in [0.25, 0.3) is 6.01 Å². The summed E-state index contributed by atoms with van der Waals surface area (Å²) in [5, 5.41) is 10.5. The van der Waals surface area contributed by atoms with E-state index in [1.54, 1.807) is 16.3 Å². The molecule has 8 nitrogen and oxygen atoms in total. The number of unbranched alkanes of at least 4 members (excludes halogenated alkanes) is 1. The van der Waals surface area contributed by atoms with Crippen molar-refractivity contribution in [3.05, 3.63) is 47.5 Å². The molecule has 0 fully saturated rings. The quantitative estimate of drug-likeness (QED) is 0.391. The maximum atomic E-state index is 10.5. The number of ether oxygens (including phenoxy) is 1. The standard InChI is InChI=1S/C24H26N6O2S/c1-4-5-10-32-23-27-21(25)20-22(28-23)30(24(31)26-20)13-15-7-9-17-19(12-15)33-18-11-14(2)6-8-16(18)29(17)3/h6-9,11-12H,4-5,10,13H2,1-3H3,(H,26,31)(H2,25,27,28). The first-order valence-corrected chi connectivity index (χ1v) is 11.8. The van der Waals surface area contributed by atoms with E-state index in [1.165, 1.54) is 16.1 Å². The number of anilines is 3. The second-order valence-corrected chi connectivity index (χ2v) is 9.28. The summed E-state index contributed by atoms with van der Waals surface area (Å²) in [5.41, 5.74) is 11.5. The third-order valence-corrected chi connectivity index (χ3v) is 6.83. The van der Waals surface area contributed by atoms with E-state index in [1.807, 2.05) is 0 Å². The molecule has 1 aliphatic heterocycles. The SMILES string of the molecule is CCCCOc1nc(N)c2nc(O)n(Cc3ccc4c(c3)Sc3cc(C)ccc3N4C)c2n1. The van der Waals surface area contributed by atoms with Crippen molar-refractivity contribution in [3.63, 3.8) is 0 Å². The predicted molar refractivity (Wildman–Crippen MR) is 131 cm³/mol. The van der Waals surface area contributed by atoms with E-state index >= 15 is 0 Å². The number of aromatic nitrogens is 4. The molecule has 5 rings (SSSR count). The van der Waals surface area contributed by atoms with Gasteiger partial charge < -0.3 is 20.5 Å². The number of nitrogens with zero attached hydrogens (tertiary/aromatic N) is 5. The Morgan fingerprint density at radius 3 is 2.61 bits per heavy atom. The van der Waals surface area contributed by atoms with Gasteiger partial charge in [0.05, 0.1) is 24.5 Å². The molecule has 2 aromatic heterocycles. The minimum Gasteiger partial charge on any atom is -0.480 e. The first kappa shape index (κ1) is 21.4. The van der Waals surface area contributed by atoms with E-state index < -0.39 is 0 Å². The van der Waals surface area contributed by atoms with Crippen molar-refractivity contribution in [2.24, 2.45) is 0 Å². The third kappa shape index (κ3) is 3.93. The fourth-order valence-electron chi connectivity index (χ4n) is 3.93. The summed E-state index contributed by atoms with van der Waals surface area (Å²) in [4.78, 5) is 17.4. The highest BCUT2D eigenvalue weighted by Crippen LogP contribution is 2.48. The maximum Gasteiger partial charge on any atom is 0.320 e. The summed E-state index contributed by atoms with van der Waals surface area (Å²) < 4.78 is 7.28. The molecule has 0 saturated heterocycles. The fraction of sp³-hybridized carbons (Fsp3) is 0.292. The zero-order valence-corrected chi connectivity index (χ0v) is 19.7. The Balaban J connectivity index is 1.48. The zero-order chi connectivity index (χ0) is 23.1. The van der Waals surface area contributed by atoms with Crippen molar-refractivity contribution in [1.29, 1.82) is 0 Å². The Labute approximate surface area is 196 Å². The minimum atomic E-state index is -0.153. The molecular weight excluding hydrogens is 436 g/mol. The molecule has 0 unspecified atom stereocenters. The van der Waals surface area contributed by atoms with Crippen molar-refractivity contribution >= 4 is 40.1 Å². The summed E-state index contributed by atoms with van der Waals surface area (Å²) >= 11 is 1.76. The molecule has 1 aliphatic rings. The monoisotopic (exact) mass is 462 g/mol. The van der Waals surface area contributed by atoms with E-state index in [-0.39, 0.29) is 17.8 Å². The molecular formula is C24H26N6O2S. The lowest BCUT2D eigenvalue weighted by Gasteiger charge is -2.30. The number of benzene rings is 2. The van der Waals surface area contributed by atoms with E-state index in [2.05, 4.69) is 77.1 Å². The van der Waals surface area contributed by atoms with Crippen LogP contribution in [0.2, 0.25) is 0 Å². The predicted octanol–water partition coefficient (Wildman–Crippen LogP) is 4.88. The zero-order valence-electron chi connectivity index (χ0n) is 18.9. The highest BCUT2D eigenvalue weighted by molar-refractivity contribution is 7.99. The van der Waals surface area contributed by atoms with Gasteiger partial charge in [0.1, 0.15) is 0 Å². The molecule has 170 valence electrons. The summed E-state index contributed by atoms with van der Waals surface area (Å²) in [5.74, 6) is 0.190. The lowest BCUT2D eigenvalue weighted by molar-refractivity contribution is 0.286. The Bertz CT molecular complexity index is 1350. The Hall–Kier alpha value is -3.46. The van der Waals surface area contributed by atoms with Gasteiger partial charge in [-0.25, -0.2) is 0 Å². The van der Waals surface area contributed by atoms with Gasteiger partial charge >= 0.3 is 6.01 Å². The van der Waals surface area contributed by atoms with Crippen LogP contribution in [-0.4, -0.2) is 38.3 Å². The van der Waals surface area contributed by atoms with Gasteiger partial charge in [0, 0.05) is 16.8 Å². The normalized spacial score (nSPS) is 12.6. The molecule has 0 radical (unpaired) electrons. The second kappa shape index (κ2) is 8.47. The van der Waals surface area contributed by atoms with Crippen LogP contribution in [0.15, 0.2) is 46.2 Å². The maximum absolute atomic E-state index is 10.5. The number of hydrogen-bond acceptors (Lipinski definition) is 8. The number of aromatic hydroxyl groups is 1. The van der Waals surface area contributed by atoms with Gasteiger partial charge in [0.15, 0.2) is 17.0 Å². The molecule has 0 bridgehead atoms. The molecule has 3 heterocycles. The Morgan fingerprint density at radius 2 is 1.82 bits per heavy atom. The molecule has 0 atom stereocenters. The third-order valence-electron chi connectivity index (χ3n) is 5.73. The molecule has 0 spiro atoms. The first-order chi connectivity index (χ1) is 15.9. The molecule has 33 heavy (non-hydrogen) atoms. The molecule has 2 aromatic carbocycles. The molecule has 0 aliphatic carbocycles. The molecule has 4 aromatic rings. The lowest BCUT2D eigenvalue weighted by Crippen LogP contribution is -2.15. The van der Waals surface area contributed by atoms with Gasteiger partial charge in [-0.15, -0.1) is 0 Å². The number of nitrogens with two attached hydrogens (primary N) is 1. The summed E-state index contributed by atoms with van der Waals surface area (Å²) in [6.07, 6.45) is 1.90. The number of hydrogen-bond donors (Lipinski definition) is 2. The first-order valence-electron chi connectivity index (χ1n) is 10.9. The van der Waals surface area contributed by atoms with Crippen molar-refractivity contribution in [1.82, 2.24) is 19.5 Å². The summed E-state index contributed by atoms with van der Waals surface area (Å²) in [7, 11) is 2.08. The van der Waals surface area contributed by atoms with Gasteiger partial charge in [-0.3, -0.25) is 4.57 Å². The number of fused-ring (bicyclic) bond motifs is 3. The van der Waals surface area contributed by atoms with Crippen LogP contribution in [0, 0.1) is 6.92 Å². The van der Waals surface area contributed by atoms with Gasteiger partial charge in [-0.2, -0.15) is 15.0 Å². The summed E-state index contributed by atoms with van der Waals surface area (Å²) in [6.45, 7) is 5.10. The van der Waals surface area contributed by atoms with E-state index in [0.29, 0.717) is 24.3 Å². The van der Waals surface area contributed by atoms with Crippen LogP contribution in [0.4, 0.5) is 17.2 Å². The average Bonchev–Trinajstić information content (AvgIpc) is 3.09. The minimum absolute atomic E-state index is 0.153. The van der Waals surface area contributed by atoms with E-state index in [4.69, 9.17) is 10.5 Å². The van der Waals surface area contributed by atoms with Crippen molar-refractivity contribution < 1.29 is 9.84 Å². The average molecular weight is 463 g/mol. The van der Waals surface area contributed by atoms with Gasteiger partial charge in [-0.05, 0) is 48.7 Å². The Morgan fingerprint density at radius 1 is 1.06 bits per heavy atom. The van der Waals surface area contributed by atoms with Crippen LogP contribution >= 0.6 is 11.8 Å². The van der Waals surface area contributed by atoms with Gasteiger partial charge in [0.2, 0.25) is 0 Å². The van der Waals surface area contributed by atoms with E-state index in [0.717, 1.165) is 29.0 Å². The fourth-order valence-corrected chi connectivity index (χ4v) is 5.25. The number of nitrogen functional groups attached to an aromatic ring is 1. The van der Waals surface area contributed by atoms with Crippen LogP contribution < -0.4 is 15.4 Å². The second-order valence-electron chi connectivity index (χ2n) is 8.20. The van der Waals surface area contributed by atoms with Crippen molar-refractivity contribution in [3.8, 4) is 12.0 Å². The number of rotatable bonds is 6.